The van der Waals surface area contributed by atoms with Gasteiger partial charge in [-0.2, -0.15) is 0 Å². The number of amides is 1. The van der Waals surface area contributed by atoms with E-state index in [1.54, 1.807) is 37.4 Å². The molecule has 1 aliphatic rings. The van der Waals surface area contributed by atoms with Crippen molar-refractivity contribution in [3.8, 4) is 10.7 Å². The standard InChI is InChI=1S/C21H22N4O3S2/c1-14-8-9-15(2)17(13-14)30(27,28)21(10-4-5-11-21)19(26)23-20-25-24-18(29-20)16-7-3-6-12-22-16/h3,6-9,12-13H,4-5,10-11H2,1-2H3,(H,23,25,26). The molecule has 0 aliphatic heterocycles. The highest BCUT2D eigenvalue weighted by Crippen LogP contribution is 2.42. The number of nitrogens with zero attached hydrogens (tertiary/aromatic N) is 3. The van der Waals surface area contributed by atoms with Crippen LogP contribution >= 0.6 is 11.3 Å². The lowest BCUT2D eigenvalue weighted by atomic mass is 10.1. The average Bonchev–Trinajstić information content (AvgIpc) is 3.41. The maximum atomic E-state index is 13.7. The predicted octanol–water partition coefficient (Wildman–Crippen LogP) is 3.94. The molecule has 0 bridgehead atoms. The Kier molecular flexibility index (Phi) is 5.42. The average molecular weight is 443 g/mol. The first-order valence-electron chi connectivity index (χ1n) is 9.72. The lowest BCUT2D eigenvalue weighted by Gasteiger charge is -2.28. The summed E-state index contributed by atoms with van der Waals surface area (Å²) in [5, 5.41) is 11.6. The molecule has 7 nitrogen and oxygen atoms in total. The van der Waals surface area contributed by atoms with E-state index in [1.165, 1.54) is 11.3 Å². The van der Waals surface area contributed by atoms with Crippen molar-refractivity contribution in [1.29, 1.82) is 0 Å². The molecule has 1 aliphatic carbocycles. The Morgan fingerprint density at radius 3 is 2.57 bits per heavy atom. The number of nitrogens with one attached hydrogen (secondary N) is 1. The highest BCUT2D eigenvalue weighted by Gasteiger charge is 2.53. The summed E-state index contributed by atoms with van der Waals surface area (Å²) < 4.78 is 25.9. The molecular formula is C21H22N4O3S2. The van der Waals surface area contributed by atoms with Gasteiger partial charge in [0.1, 0.15) is 5.69 Å². The van der Waals surface area contributed by atoms with E-state index in [2.05, 4.69) is 20.5 Å². The van der Waals surface area contributed by atoms with Crippen molar-refractivity contribution in [3.63, 3.8) is 0 Å². The van der Waals surface area contributed by atoms with Gasteiger partial charge in [-0.05, 0) is 56.0 Å². The topological polar surface area (TPSA) is 102 Å². The Hall–Kier alpha value is -2.65. The second-order valence-corrected chi connectivity index (χ2v) is 10.8. The van der Waals surface area contributed by atoms with E-state index >= 15 is 0 Å². The van der Waals surface area contributed by atoms with Crippen LogP contribution < -0.4 is 5.32 Å². The number of aryl methyl sites for hydroxylation is 2. The SMILES string of the molecule is Cc1ccc(C)c(S(=O)(=O)C2(C(=O)Nc3nnc(-c4ccccn4)s3)CCCC2)c1. The second kappa shape index (κ2) is 7.88. The smallest absolute Gasteiger partial charge is 0.248 e. The minimum absolute atomic E-state index is 0.228. The van der Waals surface area contributed by atoms with Crippen LogP contribution in [0, 0.1) is 13.8 Å². The fourth-order valence-electron chi connectivity index (χ4n) is 3.85. The van der Waals surface area contributed by atoms with Crippen molar-refractivity contribution < 1.29 is 13.2 Å². The van der Waals surface area contributed by atoms with Gasteiger partial charge in [0.25, 0.3) is 0 Å². The molecule has 0 unspecified atom stereocenters. The van der Waals surface area contributed by atoms with Gasteiger partial charge in [-0.15, -0.1) is 10.2 Å². The molecule has 1 fully saturated rings. The normalized spacial score (nSPS) is 15.8. The van der Waals surface area contributed by atoms with Gasteiger partial charge < -0.3 is 0 Å². The largest absolute Gasteiger partial charge is 0.299 e. The third-order valence-electron chi connectivity index (χ3n) is 5.50. The van der Waals surface area contributed by atoms with Crippen molar-refractivity contribution >= 4 is 32.2 Å². The number of carbonyl (C=O) groups is 1. The predicted molar refractivity (Wildman–Crippen MR) is 116 cm³/mol. The van der Waals surface area contributed by atoms with Crippen LogP contribution in [0.25, 0.3) is 10.7 Å². The van der Waals surface area contributed by atoms with Crippen molar-refractivity contribution in [1.82, 2.24) is 15.2 Å². The Labute approximate surface area is 179 Å². The highest BCUT2D eigenvalue weighted by molar-refractivity contribution is 7.93. The second-order valence-electron chi connectivity index (χ2n) is 7.56. The third-order valence-corrected chi connectivity index (χ3v) is 9.00. The molecule has 0 atom stereocenters. The quantitative estimate of drug-likeness (QED) is 0.642. The lowest BCUT2D eigenvalue weighted by Crippen LogP contribution is -2.47. The summed E-state index contributed by atoms with van der Waals surface area (Å²) in [6, 6.07) is 10.8. The monoisotopic (exact) mass is 442 g/mol. The summed E-state index contributed by atoms with van der Waals surface area (Å²) in [5.74, 6) is -0.537. The van der Waals surface area contributed by atoms with E-state index in [1.807, 2.05) is 19.1 Å². The van der Waals surface area contributed by atoms with Crippen molar-refractivity contribution in [2.24, 2.45) is 0 Å². The van der Waals surface area contributed by atoms with E-state index in [9.17, 15) is 13.2 Å². The minimum Gasteiger partial charge on any atom is -0.299 e. The molecule has 156 valence electrons. The number of hydrogen-bond acceptors (Lipinski definition) is 7. The highest BCUT2D eigenvalue weighted by atomic mass is 32.2. The summed E-state index contributed by atoms with van der Waals surface area (Å²) >= 11 is 1.17. The molecule has 0 radical (unpaired) electrons. The van der Waals surface area contributed by atoms with Gasteiger partial charge in [0.2, 0.25) is 11.0 Å². The molecule has 2 heterocycles. The molecule has 3 aromatic rings. The summed E-state index contributed by atoms with van der Waals surface area (Å²) in [5.41, 5.74) is 2.14. The molecule has 30 heavy (non-hydrogen) atoms. The first-order valence-corrected chi connectivity index (χ1v) is 12.0. The van der Waals surface area contributed by atoms with Crippen LogP contribution in [0.4, 0.5) is 5.13 Å². The molecule has 1 aromatic carbocycles. The van der Waals surface area contributed by atoms with Crippen LogP contribution in [-0.4, -0.2) is 34.3 Å². The van der Waals surface area contributed by atoms with Crippen LogP contribution in [0.5, 0.6) is 0 Å². The third kappa shape index (κ3) is 3.52. The first-order chi connectivity index (χ1) is 14.3. The molecule has 0 spiro atoms. The fourth-order valence-corrected chi connectivity index (χ4v) is 6.94. The number of pyridine rings is 1. The number of anilines is 1. The van der Waals surface area contributed by atoms with E-state index < -0.39 is 20.5 Å². The zero-order chi connectivity index (χ0) is 21.4. The molecule has 4 rings (SSSR count). The van der Waals surface area contributed by atoms with Gasteiger partial charge in [0.15, 0.2) is 19.6 Å². The van der Waals surface area contributed by atoms with Gasteiger partial charge in [-0.25, -0.2) is 8.42 Å². The van der Waals surface area contributed by atoms with Crippen LogP contribution in [0.3, 0.4) is 0 Å². The molecule has 1 amide bonds. The zero-order valence-electron chi connectivity index (χ0n) is 16.8. The molecular weight excluding hydrogens is 420 g/mol. The fraction of sp³-hybridized carbons (Fsp3) is 0.333. The number of carbonyl (C=O) groups excluding carboxylic acids is 1. The number of benzene rings is 1. The molecule has 0 saturated heterocycles. The summed E-state index contributed by atoms with van der Waals surface area (Å²) in [6.07, 6.45) is 3.61. The van der Waals surface area contributed by atoms with Crippen molar-refractivity contribution in [2.45, 2.75) is 49.2 Å². The Balaban J connectivity index is 1.67. The Bertz CT molecular complexity index is 1180. The lowest BCUT2D eigenvalue weighted by molar-refractivity contribution is -0.118. The van der Waals surface area contributed by atoms with Gasteiger partial charge in [-0.1, -0.05) is 42.4 Å². The van der Waals surface area contributed by atoms with Gasteiger partial charge in [-0.3, -0.25) is 15.1 Å². The van der Waals surface area contributed by atoms with Gasteiger partial charge in [0, 0.05) is 6.20 Å². The van der Waals surface area contributed by atoms with E-state index in [0.29, 0.717) is 41.9 Å². The van der Waals surface area contributed by atoms with Crippen LogP contribution in [0.1, 0.15) is 36.8 Å². The van der Waals surface area contributed by atoms with E-state index in [0.717, 1.165) is 5.56 Å². The maximum absolute atomic E-state index is 13.7. The van der Waals surface area contributed by atoms with Gasteiger partial charge >= 0.3 is 0 Å². The minimum atomic E-state index is -3.89. The molecule has 1 N–H and O–H groups in total. The molecule has 9 heteroatoms. The van der Waals surface area contributed by atoms with Crippen molar-refractivity contribution in [3.05, 3.63) is 53.7 Å². The van der Waals surface area contributed by atoms with Crippen LogP contribution in [0.15, 0.2) is 47.5 Å². The summed E-state index contributed by atoms with van der Waals surface area (Å²) in [7, 11) is -3.89. The van der Waals surface area contributed by atoms with Gasteiger partial charge in [0.05, 0.1) is 4.90 Å². The van der Waals surface area contributed by atoms with Crippen LogP contribution in [-0.2, 0) is 14.6 Å². The van der Waals surface area contributed by atoms with E-state index in [4.69, 9.17) is 0 Å². The number of sulfone groups is 1. The van der Waals surface area contributed by atoms with Crippen molar-refractivity contribution in [2.75, 3.05) is 5.32 Å². The molecule has 1 saturated carbocycles. The summed E-state index contributed by atoms with van der Waals surface area (Å²) in [4.78, 5) is 17.8. The number of rotatable bonds is 5. The Morgan fingerprint density at radius 2 is 1.87 bits per heavy atom. The first kappa shape index (κ1) is 20.6. The van der Waals surface area contributed by atoms with Crippen LogP contribution in [0.2, 0.25) is 0 Å². The van der Waals surface area contributed by atoms with E-state index in [-0.39, 0.29) is 10.0 Å². The Morgan fingerprint density at radius 1 is 1.10 bits per heavy atom. The zero-order valence-corrected chi connectivity index (χ0v) is 18.4. The molecule has 2 aromatic heterocycles. The summed E-state index contributed by atoms with van der Waals surface area (Å²) in [6.45, 7) is 3.61. The maximum Gasteiger partial charge on any atom is 0.248 e. The number of hydrogen-bond donors (Lipinski definition) is 1. The number of aromatic nitrogens is 3.